The Bertz CT molecular complexity index is 704. The molecule has 1 aromatic carbocycles. The maximum atomic E-state index is 13.1. The van der Waals surface area contributed by atoms with E-state index in [0.29, 0.717) is 13.0 Å². The molecule has 0 radical (unpaired) electrons. The molecule has 0 bridgehead atoms. The molecule has 0 heterocycles. The Kier molecular flexibility index (Phi) is 9.02. The molecule has 0 fully saturated rings. The lowest BCUT2D eigenvalue weighted by Crippen LogP contribution is -2.44. The largest absolute Gasteiger partial charge is 0.465 e. The van der Waals surface area contributed by atoms with Gasteiger partial charge in [0.15, 0.2) is 0 Å². The van der Waals surface area contributed by atoms with Crippen molar-refractivity contribution in [1.29, 1.82) is 0 Å². The molecular weight excluding hydrogens is 350 g/mol. The van der Waals surface area contributed by atoms with Gasteiger partial charge in [0.05, 0.1) is 11.5 Å². The number of carbonyl (C=O) groups is 1. The van der Waals surface area contributed by atoms with Crippen LogP contribution in [0.4, 0.5) is 0 Å². The number of benzene rings is 1. The molecule has 0 aliphatic heterocycles. The van der Waals surface area contributed by atoms with Gasteiger partial charge in [0.25, 0.3) is 0 Å². The second kappa shape index (κ2) is 10.5. The number of sulfonamides is 1. The van der Waals surface area contributed by atoms with Gasteiger partial charge in [0.2, 0.25) is 10.0 Å². The van der Waals surface area contributed by atoms with E-state index in [1.165, 1.54) is 4.31 Å². The van der Waals surface area contributed by atoms with E-state index in [1.807, 2.05) is 33.8 Å². The lowest BCUT2D eigenvalue weighted by atomic mass is 10.2. The topological polar surface area (TPSA) is 63.7 Å². The monoisotopic (exact) mass is 381 g/mol. The Morgan fingerprint density at radius 1 is 1.23 bits per heavy atom. The molecular formula is C20H31NO4S. The Morgan fingerprint density at radius 3 is 2.38 bits per heavy atom. The van der Waals surface area contributed by atoms with Crippen LogP contribution in [0.2, 0.25) is 0 Å². The van der Waals surface area contributed by atoms with E-state index in [0.717, 1.165) is 24.0 Å². The first kappa shape index (κ1) is 22.4. The third kappa shape index (κ3) is 6.57. The summed E-state index contributed by atoms with van der Waals surface area (Å²) in [6, 6.07) is 5.79. The van der Waals surface area contributed by atoms with Gasteiger partial charge >= 0.3 is 5.97 Å². The highest BCUT2D eigenvalue weighted by molar-refractivity contribution is 7.89. The molecule has 0 aliphatic carbocycles. The molecule has 26 heavy (non-hydrogen) atoms. The van der Waals surface area contributed by atoms with Crippen molar-refractivity contribution in [1.82, 2.24) is 4.31 Å². The van der Waals surface area contributed by atoms with Crippen molar-refractivity contribution < 1.29 is 17.9 Å². The molecule has 0 saturated carbocycles. The van der Waals surface area contributed by atoms with E-state index < -0.39 is 22.0 Å². The van der Waals surface area contributed by atoms with Gasteiger partial charge in [-0.05, 0) is 52.7 Å². The fourth-order valence-corrected chi connectivity index (χ4v) is 4.00. The minimum absolute atomic E-state index is 0.188. The van der Waals surface area contributed by atoms with E-state index in [4.69, 9.17) is 4.74 Å². The van der Waals surface area contributed by atoms with Crippen LogP contribution in [-0.2, 0) is 19.6 Å². The second-order valence-corrected chi connectivity index (χ2v) is 8.59. The first-order valence-electron chi connectivity index (χ1n) is 9.08. The fourth-order valence-electron chi connectivity index (χ4n) is 2.40. The van der Waals surface area contributed by atoms with Crippen molar-refractivity contribution in [2.24, 2.45) is 0 Å². The van der Waals surface area contributed by atoms with Crippen LogP contribution in [0.5, 0.6) is 0 Å². The molecule has 0 aromatic heterocycles. The third-order valence-electron chi connectivity index (χ3n) is 4.04. The lowest BCUT2D eigenvalue weighted by Gasteiger charge is -2.27. The molecule has 0 unspecified atom stereocenters. The first-order chi connectivity index (χ1) is 12.2. The van der Waals surface area contributed by atoms with Gasteiger partial charge in [0, 0.05) is 6.54 Å². The van der Waals surface area contributed by atoms with Gasteiger partial charge in [-0.25, -0.2) is 8.42 Å². The number of ether oxygens (including phenoxy) is 1. The molecule has 1 rings (SSSR count). The van der Waals surface area contributed by atoms with E-state index >= 15 is 0 Å². The van der Waals surface area contributed by atoms with E-state index in [-0.39, 0.29) is 11.4 Å². The standard InChI is InChI=1S/C20H31NO4S/c1-6-7-15-25-20(22)18(5)21(14-8-9-16(2)3)26(23,24)19-12-10-17(4)11-13-19/h9-13,18H,6-8,14-15H2,1-5H3/t18-/m0/s1. The van der Waals surface area contributed by atoms with Crippen molar-refractivity contribution >= 4 is 16.0 Å². The Balaban J connectivity index is 3.08. The molecule has 1 atom stereocenters. The molecule has 5 nitrogen and oxygen atoms in total. The summed E-state index contributed by atoms with van der Waals surface area (Å²) in [6.07, 6.45) is 4.18. The van der Waals surface area contributed by atoms with Crippen molar-refractivity contribution in [2.75, 3.05) is 13.2 Å². The van der Waals surface area contributed by atoms with Crippen molar-refractivity contribution in [3.63, 3.8) is 0 Å². The number of aryl methyl sites for hydroxylation is 1. The summed E-state index contributed by atoms with van der Waals surface area (Å²) in [6.45, 7) is 9.95. The minimum atomic E-state index is -3.79. The summed E-state index contributed by atoms with van der Waals surface area (Å²) in [7, 11) is -3.79. The molecule has 1 aromatic rings. The fraction of sp³-hybridized carbons (Fsp3) is 0.550. The number of esters is 1. The summed E-state index contributed by atoms with van der Waals surface area (Å²) in [5, 5.41) is 0. The number of hydrogen-bond acceptors (Lipinski definition) is 4. The zero-order valence-corrected chi connectivity index (χ0v) is 17.3. The number of carbonyl (C=O) groups excluding carboxylic acids is 1. The van der Waals surface area contributed by atoms with E-state index in [9.17, 15) is 13.2 Å². The Morgan fingerprint density at radius 2 is 1.85 bits per heavy atom. The molecule has 6 heteroatoms. The van der Waals surface area contributed by atoms with Crippen LogP contribution in [0, 0.1) is 6.92 Å². The van der Waals surface area contributed by atoms with Gasteiger partial charge in [-0.3, -0.25) is 4.79 Å². The number of hydrogen-bond donors (Lipinski definition) is 0. The minimum Gasteiger partial charge on any atom is -0.465 e. The van der Waals surface area contributed by atoms with Crippen LogP contribution in [-0.4, -0.2) is 37.9 Å². The van der Waals surface area contributed by atoms with Crippen LogP contribution in [0.3, 0.4) is 0 Å². The SMILES string of the molecule is CCCCOC(=O)[C@H](C)N(CCC=C(C)C)S(=O)(=O)c1ccc(C)cc1. The third-order valence-corrected chi connectivity index (χ3v) is 6.03. The van der Waals surface area contributed by atoms with E-state index in [2.05, 4.69) is 0 Å². The lowest BCUT2D eigenvalue weighted by molar-refractivity contribution is -0.147. The number of nitrogens with zero attached hydrogens (tertiary/aromatic N) is 1. The maximum Gasteiger partial charge on any atom is 0.324 e. The highest BCUT2D eigenvalue weighted by Crippen LogP contribution is 2.20. The van der Waals surface area contributed by atoms with Gasteiger partial charge in [0.1, 0.15) is 6.04 Å². The smallest absolute Gasteiger partial charge is 0.324 e. The Hall–Kier alpha value is -1.66. The van der Waals surface area contributed by atoms with Gasteiger partial charge in [-0.15, -0.1) is 0 Å². The van der Waals surface area contributed by atoms with Crippen LogP contribution in [0.15, 0.2) is 40.8 Å². The molecule has 0 amide bonds. The zero-order valence-electron chi connectivity index (χ0n) is 16.5. The van der Waals surface area contributed by atoms with Crippen molar-refractivity contribution in [3.05, 3.63) is 41.5 Å². The average molecular weight is 382 g/mol. The number of unbranched alkanes of at least 4 members (excludes halogenated alkanes) is 1. The highest BCUT2D eigenvalue weighted by Gasteiger charge is 2.33. The summed E-state index contributed by atoms with van der Waals surface area (Å²) < 4.78 is 32.7. The van der Waals surface area contributed by atoms with Crippen molar-refractivity contribution in [3.8, 4) is 0 Å². The maximum absolute atomic E-state index is 13.1. The van der Waals surface area contributed by atoms with Gasteiger partial charge < -0.3 is 4.74 Å². The predicted molar refractivity (Wildman–Crippen MR) is 104 cm³/mol. The number of allylic oxidation sites excluding steroid dienone is 1. The second-order valence-electron chi connectivity index (χ2n) is 6.70. The zero-order chi connectivity index (χ0) is 19.7. The molecule has 146 valence electrons. The van der Waals surface area contributed by atoms with Crippen molar-refractivity contribution in [2.45, 2.75) is 64.8 Å². The molecule has 0 saturated heterocycles. The normalized spacial score (nSPS) is 12.7. The molecule has 0 N–H and O–H groups in total. The average Bonchev–Trinajstić information content (AvgIpc) is 2.58. The van der Waals surface area contributed by atoms with Gasteiger partial charge in [-0.1, -0.05) is 42.7 Å². The first-order valence-corrected chi connectivity index (χ1v) is 10.5. The summed E-state index contributed by atoms with van der Waals surface area (Å²) in [5.74, 6) is -0.508. The van der Waals surface area contributed by atoms with Crippen LogP contribution >= 0.6 is 0 Å². The summed E-state index contributed by atoms with van der Waals surface area (Å²) in [5.41, 5.74) is 2.09. The highest BCUT2D eigenvalue weighted by atomic mass is 32.2. The molecule has 0 aliphatic rings. The number of rotatable bonds is 10. The quantitative estimate of drug-likeness (QED) is 0.348. The predicted octanol–water partition coefficient (Wildman–Crippen LogP) is 4.07. The van der Waals surface area contributed by atoms with Crippen LogP contribution in [0.1, 0.15) is 52.5 Å². The van der Waals surface area contributed by atoms with Crippen LogP contribution < -0.4 is 0 Å². The van der Waals surface area contributed by atoms with Crippen LogP contribution in [0.25, 0.3) is 0 Å². The summed E-state index contributed by atoms with van der Waals surface area (Å²) >= 11 is 0. The Labute approximate surface area is 158 Å². The van der Waals surface area contributed by atoms with E-state index in [1.54, 1.807) is 31.2 Å². The summed E-state index contributed by atoms with van der Waals surface area (Å²) in [4.78, 5) is 12.5. The molecule has 0 spiro atoms. The van der Waals surface area contributed by atoms with Gasteiger partial charge in [-0.2, -0.15) is 4.31 Å².